The molecule has 0 aromatic rings. The predicted molar refractivity (Wildman–Crippen MR) is 96.5 cm³/mol. The first-order chi connectivity index (χ1) is 11.6. The molecule has 0 aromatic carbocycles. The second kappa shape index (κ2) is 5.39. The van der Waals surface area contributed by atoms with Crippen molar-refractivity contribution in [2.24, 2.45) is 10.8 Å². The molecule has 0 radical (unpaired) electrons. The highest BCUT2D eigenvalue weighted by Crippen LogP contribution is 2.38. The van der Waals surface area contributed by atoms with Crippen LogP contribution in [0.15, 0.2) is 24.2 Å². The Hall–Kier alpha value is -1.72. The summed E-state index contributed by atoms with van der Waals surface area (Å²) >= 11 is 0. The predicted octanol–water partition coefficient (Wildman–Crippen LogP) is 2.58. The highest BCUT2D eigenvalue weighted by atomic mass is 16.5. The summed E-state index contributed by atoms with van der Waals surface area (Å²) in [6, 6.07) is 0.884. The van der Waals surface area contributed by atoms with Crippen LogP contribution in [-0.4, -0.2) is 64.9 Å². The molecule has 140 valence electrons. The lowest BCUT2D eigenvalue weighted by molar-refractivity contribution is 0.0950. The van der Waals surface area contributed by atoms with Crippen LogP contribution >= 0.6 is 0 Å². The van der Waals surface area contributed by atoms with Crippen LogP contribution in [0.4, 0.5) is 0 Å². The first-order valence-electron chi connectivity index (χ1n) is 9.33. The van der Waals surface area contributed by atoms with Gasteiger partial charge in [0.05, 0.1) is 44.5 Å². The fraction of sp³-hybridized carbons (Fsp3) is 0.789. The standard InChI is InChI=1S/C19H32N4O2/c1-18(2,3)14-9-24-16-7-20(12-22(14)16)11-21-8-17-23(13-21)15(10-25-17)19(4,5)6/h7-8,14-15H,9-13H2,1-6H3/t14-,15-/m1/s1. The SMILES string of the molecule is CC(C)(C)[C@H]1COC2=CN(CN3C=C4OC[C@H](C(C)(C)C)N4C3)CN21. The van der Waals surface area contributed by atoms with E-state index < -0.39 is 0 Å². The maximum Gasteiger partial charge on any atom is 0.207 e. The van der Waals surface area contributed by atoms with Crippen LogP contribution in [0.3, 0.4) is 0 Å². The van der Waals surface area contributed by atoms with Gasteiger partial charge in [-0.1, -0.05) is 41.5 Å². The zero-order chi connectivity index (χ0) is 18.0. The largest absolute Gasteiger partial charge is 0.476 e. The monoisotopic (exact) mass is 348 g/mol. The number of fused-ring (bicyclic) bond motifs is 2. The van der Waals surface area contributed by atoms with Crippen LogP contribution in [0.5, 0.6) is 0 Å². The zero-order valence-electron chi connectivity index (χ0n) is 16.5. The summed E-state index contributed by atoms with van der Waals surface area (Å²) in [4.78, 5) is 9.47. The molecule has 0 bridgehead atoms. The molecule has 0 aliphatic carbocycles. The first kappa shape index (κ1) is 16.7. The van der Waals surface area contributed by atoms with E-state index in [1.807, 2.05) is 0 Å². The minimum absolute atomic E-state index is 0.220. The van der Waals surface area contributed by atoms with E-state index in [0.717, 1.165) is 45.0 Å². The Labute approximate surface area is 151 Å². The minimum Gasteiger partial charge on any atom is -0.476 e. The third-order valence-electron chi connectivity index (χ3n) is 5.71. The van der Waals surface area contributed by atoms with Crippen LogP contribution in [-0.2, 0) is 9.47 Å². The van der Waals surface area contributed by atoms with Crippen molar-refractivity contribution < 1.29 is 9.47 Å². The van der Waals surface area contributed by atoms with Crippen molar-refractivity contribution in [3.8, 4) is 0 Å². The Kier molecular flexibility index (Phi) is 3.61. The molecule has 2 fully saturated rings. The van der Waals surface area contributed by atoms with Gasteiger partial charge in [0.2, 0.25) is 11.8 Å². The topological polar surface area (TPSA) is 31.4 Å². The molecule has 6 heteroatoms. The molecule has 0 N–H and O–H groups in total. The summed E-state index contributed by atoms with van der Waals surface area (Å²) < 4.78 is 11.8. The third kappa shape index (κ3) is 2.89. The Bertz CT molecular complexity index is 550. The summed E-state index contributed by atoms with van der Waals surface area (Å²) in [5.41, 5.74) is 0.440. The first-order valence-corrected chi connectivity index (χ1v) is 9.33. The average molecular weight is 348 g/mol. The minimum atomic E-state index is 0.220. The number of hydrogen-bond acceptors (Lipinski definition) is 6. The van der Waals surface area contributed by atoms with Gasteiger partial charge in [0.25, 0.3) is 0 Å². The van der Waals surface area contributed by atoms with Crippen LogP contribution in [0.25, 0.3) is 0 Å². The van der Waals surface area contributed by atoms with Crippen LogP contribution in [0.1, 0.15) is 41.5 Å². The van der Waals surface area contributed by atoms with E-state index in [2.05, 4.69) is 73.5 Å². The van der Waals surface area contributed by atoms with Gasteiger partial charge in [-0.05, 0) is 10.8 Å². The fourth-order valence-corrected chi connectivity index (χ4v) is 4.17. The normalized spacial score (nSPS) is 28.7. The van der Waals surface area contributed by atoms with Gasteiger partial charge in [0.1, 0.15) is 13.2 Å². The van der Waals surface area contributed by atoms with E-state index in [9.17, 15) is 0 Å². The zero-order valence-corrected chi connectivity index (χ0v) is 16.5. The van der Waals surface area contributed by atoms with Crippen LogP contribution in [0, 0.1) is 10.8 Å². The van der Waals surface area contributed by atoms with Crippen molar-refractivity contribution in [3.63, 3.8) is 0 Å². The number of hydrogen-bond donors (Lipinski definition) is 0. The Morgan fingerprint density at radius 1 is 0.800 bits per heavy atom. The maximum atomic E-state index is 5.92. The maximum absolute atomic E-state index is 5.92. The quantitative estimate of drug-likeness (QED) is 0.762. The molecule has 2 saturated heterocycles. The number of nitrogens with zero attached hydrogens (tertiary/aromatic N) is 4. The molecule has 0 unspecified atom stereocenters. The van der Waals surface area contributed by atoms with E-state index in [-0.39, 0.29) is 10.8 Å². The van der Waals surface area contributed by atoms with Crippen LogP contribution < -0.4 is 0 Å². The summed E-state index contributed by atoms with van der Waals surface area (Å²) in [6.45, 7) is 18.0. The van der Waals surface area contributed by atoms with Crippen molar-refractivity contribution in [1.82, 2.24) is 19.6 Å². The van der Waals surface area contributed by atoms with Crippen molar-refractivity contribution >= 4 is 0 Å². The molecule has 2 atom stereocenters. The van der Waals surface area contributed by atoms with Gasteiger partial charge in [-0.25, -0.2) is 0 Å². The van der Waals surface area contributed by atoms with Crippen molar-refractivity contribution in [2.45, 2.75) is 53.6 Å². The summed E-state index contributed by atoms with van der Waals surface area (Å²) in [6.07, 6.45) is 4.32. The molecule has 0 spiro atoms. The lowest BCUT2D eigenvalue weighted by Crippen LogP contribution is -2.45. The molecule has 4 rings (SSSR count). The van der Waals surface area contributed by atoms with Gasteiger partial charge < -0.3 is 29.1 Å². The van der Waals surface area contributed by atoms with Gasteiger partial charge >= 0.3 is 0 Å². The van der Waals surface area contributed by atoms with Crippen molar-refractivity contribution in [2.75, 3.05) is 33.2 Å². The third-order valence-corrected chi connectivity index (χ3v) is 5.71. The molecule has 0 amide bonds. The second-order valence-electron chi connectivity index (χ2n) is 9.86. The highest BCUT2D eigenvalue weighted by Gasteiger charge is 2.44. The highest BCUT2D eigenvalue weighted by molar-refractivity contribution is 5.11. The second-order valence-corrected chi connectivity index (χ2v) is 9.86. The molecule has 4 aliphatic heterocycles. The molecule has 4 aliphatic rings. The van der Waals surface area contributed by atoms with Gasteiger partial charge in [0, 0.05) is 0 Å². The van der Waals surface area contributed by atoms with E-state index in [1.54, 1.807) is 0 Å². The lowest BCUT2D eigenvalue weighted by atomic mass is 9.87. The van der Waals surface area contributed by atoms with Gasteiger partial charge in [-0.15, -0.1) is 0 Å². The Morgan fingerprint density at radius 3 is 1.56 bits per heavy atom. The number of ether oxygens (including phenoxy) is 2. The molecule has 4 heterocycles. The molecule has 6 nitrogen and oxygen atoms in total. The summed E-state index contributed by atoms with van der Waals surface area (Å²) in [5.74, 6) is 2.05. The van der Waals surface area contributed by atoms with Crippen molar-refractivity contribution in [1.29, 1.82) is 0 Å². The van der Waals surface area contributed by atoms with Crippen molar-refractivity contribution in [3.05, 3.63) is 24.2 Å². The summed E-state index contributed by atoms with van der Waals surface area (Å²) in [7, 11) is 0. The van der Waals surface area contributed by atoms with Gasteiger partial charge in [-0.3, -0.25) is 0 Å². The molecular formula is C19H32N4O2. The van der Waals surface area contributed by atoms with E-state index >= 15 is 0 Å². The van der Waals surface area contributed by atoms with Gasteiger partial charge in [-0.2, -0.15) is 0 Å². The van der Waals surface area contributed by atoms with E-state index in [1.165, 1.54) is 0 Å². The number of rotatable bonds is 2. The lowest BCUT2D eigenvalue weighted by Gasteiger charge is -2.35. The van der Waals surface area contributed by atoms with E-state index in [0.29, 0.717) is 12.1 Å². The fourth-order valence-electron chi connectivity index (χ4n) is 4.17. The Morgan fingerprint density at radius 2 is 1.20 bits per heavy atom. The smallest absolute Gasteiger partial charge is 0.207 e. The molecule has 25 heavy (non-hydrogen) atoms. The molecule has 0 saturated carbocycles. The summed E-state index contributed by atoms with van der Waals surface area (Å²) in [5, 5.41) is 0. The van der Waals surface area contributed by atoms with Gasteiger partial charge in [0.15, 0.2) is 0 Å². The Balaban J connectivity index is 1.38. The molecule has 0 aromatic heterocycles. The molecular weight excluding hydrogens is 316 g/mol. The average Bonchev–Trinajstić information content (AvgIpc) is 3.13. The van der Waals surface area contributed by atoms with Crippen LogP contribution in [0.2, 0.25) is 0 Å². The van der Waals surface area contributed by atoms with E-state index in [4.69, 9.17) is 9.47 Å².